The average Bonchev–Trinajstić information content (AvgIpc) is 2.48. The minimum absolute atomic E-state index is 0.129. The largest absolute Gasteiger partial charge is 0.504 e. The number of nitrogens with zero attached hydrogens (tertiary/aromatic N) is 3. The van der Waals surface area contributed by atoms with Crippen molar-refractivity contribution in [2.75, 3.05) is 0 Å². The van der Waals surface area contributed by atoms with Crippen molar-refractivity contribution >= 4 is 28.9 Å². The van der Waals surface area contributed by atoms with Gasteiger partial charge in [0.25, 0.3) is 0 Å². The molecule has 0 amide bonds. The van der Waals surface area contributed by atoms with E-state index in [0.29, 0.717) is 11.3 Å². The van der Waals surface area contributed by atoms with Gasteiger partial charge in [0.2, 0.25) is 5.75 Å². The Labute approximate surface area is 142 Å². The highest BCUT2D eigenvalue weighted by Gasteiger charge is 2.19. The molecule has 122 valence electrons. The van der Waals surface area contributed by atoms with Crippen LogP contribution in [0.3, 0.4) is 0 Å². The summed E-state index contributed by atoms with van der Waals surface area (Å²) in [6, 6.07) is 5.89. The van der Waals surface area contributed by atoms with E-state index in [4.69, 9.17) is 11.6 Å². The molecule has 0 saturated carbocycles. The molecule has 0 aliphatic rings. The number of pyridine rings is 1. The second kappa shape index (κ2) is 6.56. The summed E-state index contributed by atoms with van der Waals surface area (Å²) < 4.78 is 0. The molecule has 0 atom stereocenters. The van der Waals surface area contributed by atoms with Crippen molar-refractivity contribution in [1.82, 2.24) is 4.98 Å². The molecule has 2 aromatic rings. The van der Waals surface area contributed by atoms with Gasteiger partial charge in [0.15, 0.2) is 5.75 Å². The lowest BCUT2D eigenvalue weighted by Crippen LogP contribution is -1.95. The average molecular weight is 346 g/mol. The third kappa shape index (κ3) is 3.29. The van der Waals surface area contributed by atoms with Crippen LogP contribution >= 0.6 is 11.6 Å². The van der Waals surface area contributed by atoms with E-state index in [9.17, 15) is 25.6 Å². The number of benzene rings is 1. The predicted molar refractivity (Wildman–Crippen MR) is 88.6 cm³/mol. The van der Waals surface area contributed by atoms with Gasteiger partial charge in [0.1, 0.15) is 5.15 Å². The Hall–Kier alpha value is -3.11. The first kappa shape index (κ1) is 17.2. The lowest BCUT2D eigenvalue weighted by atomic mass is 10.0. The second-order valence-corrected chi connectivity index (χ2v) is 5.44. The third-order valence-electron chi connectivity index (χ3n) is 3.29. The van der Waals surface area contributed by atoms with Crippen LogP contribution < -0.4 is 0 Å². The molecule has 0 radical (unpaired) electrons. The first-order chi connectivity index (χ1) is 11.2. The van der Waals surface area contributed by atoms with E-state index in [1.807, 2.05) is 6.07 Å². The Bertz CT molecular complexity index is 893. The van der Waals surface area contributed by atoms with Crippen molar-refractivity contribution in [3.63, 3.8) is 0 Å². The molecular weight excluding hydrogens is 334 g/mol. The van der Waals surface area contributed by atoms with Crippen molar-refractivity contribution in [2.24, 2.45) is 0 Å². The van der Waals surface area contributed by atoms with Gasteiger partial charge >= 0.3 is 5.69 Å². The molecule has 0 saturated heterocycles. The van der Waals surface area contributed by atoms with E-state index in [-0.39, 0.29) is 16.3 Å². The van der Waals surface area contributed by atoms with Gasteiger partial charge in [-0.15, -0.1) is 0 Å². The lowest BCUT2D eigenvalue weighted by molar-refractivity contribution is -0.386. The summed E-state index contributed by atoms with van der Waals surface area (Å²) >= 11 is 6.11. The maximum Gasteiger partial charge on any atom is 0.315 e. The smallest absolute Gasteiger partial charge is 0.315 e. The number of hydrogen-bond donors (Lipinski definition) is 2. The minimum atomic E-state index is -0.832. The lowest BCUT2D eigenvalue weighted by Gasteiger charge is -2.08. The Morgan fingerprint density at radius 1 is 1.38 bits per heavy atom. The SMILES string of the molecule is Cc1cc(C)c(C(C#N)=Cc2cc(O)c(O)c([N+](=O)[O-])c2)c(Cl)n1. The van der Waals surface area contributed by atoms with Gasteiger partial charge < -0.3 is 10.2 Å². The fraction of sp³-hybridized carbons (Fsp3) is 0.125. The van der Waals surface area contributed by atoms with E-state index >= 15 is 0 Å². The van der Waals surface area contributed by atoms with Crippen LogP contribution in [0.15, 0.2) is 18.2 Å². The highest BCUT2D eigenvalue weighted by atomic mass is 35.5. The molecule has 0 unspecified atom stereocenters. The van der Waals surface area contributed by atoms with Crippen LogP contribution in [-0.2, 0) is 0 Å². The summed E-state index contributed by atoms with van der Waals surface area (Å²) in [5.74, 6) is -1.49. The highest BCUT2D eigenvalue weighted by molar-refractivity contribution is 6.31. The number of hydrogen-bond acceptors (Lipinski definition) is 6. The van der Waals surface area contributed by atoms with Crippen LogP contribution in [0.25, 0.3) is 11.6 Å². The molecule has 0 spiro atoms. The van der Waals surface area contributed by atoms with Crippen LogP contribution in [0.4, 0.5) is 5.69 Å². The minimum Gasteiger partial charge on any atom is -0.504 e. The number of halogens is 1. The number of aromatic nitrogens is 1. The van der Waals surface area contributed by atoms with Crippen LogP contribution in [-0.4, -0.2) is 20.1 Å². The molecule has 24 heavy (non-hydrogen) atoms. The summed E-state index contributed by atoms with van der Waals surface area (Å²) in [5.41, 5.74) is 1.45. The van der Waals surface area contributed by atoms with Crippen LogP contribution in [0.5, 0.6) is 11.5 Å². The molecular formula is C16H12ClN3O4. The van der Waals surface area contributed by atoms with Gasteiger partial charge in [-0.1, -0.05) is 11.6 Å². The molecule has 1 heterocycles. The number of phenols is 2. The monoisotopic (exact) mass is 345 g/mol. The van der Waals surface area contributed by atoms with Gasteiger partial charge in [-0.2, -0.15) is 5.26 Å². The Morgan fingerprint density at radius 3 is 2.58 bits per heavy atom. The van der Waals surface area contributed by atoms with Gasteiger partial charge in [-0.25, -0.2) is 4.98 Å². The van der Waals surface area contributed by atoms with Crippen LogP contribution in [0, 0.1) is 35.3 Å². The van der Waals surface area contributed by atoms with Crippen molar-refractivity contribution < 1.29 is 15.1 Å². The zero-order valence-electron chi connectivity index (χ0n) is 12.7. The number of allylic oxidation sites excluding steroid dienone is 1. The van der Waals surface area contributed by atoms with Gasteiger partial charge in [-0.3, -0.25) is 10.1 Å². The summed E-state index contributed by atoms with van der Waals surface area (Å²) in [6.45, 7) is 3.53. The number of nitro benzene ring substituents is 1. The second-order valence-electron chi connectivity index (χ2n) is 5.08. The number of nitriles is 1. The van der Waals surface area contributed by atoms with Crippen molar-refractivity contribution in [2.45, 2.75) is 13.8 Å². The zero-order chi connectivity index (χ0) is 18.0. The fourth-order valence-corrected chi connectivity index (χ4v) is 2.67. The quantitative estimate of drug-likeness (QED) is 0.287. The number of nitro groups is 1. The van der Waals surface area contributed by atoms with E-state index < -0.39 is 22.1 Å². The topological polar surface area (TPSA) is 120 Å². The first-order valence-electron chi connectivity index (χ1n) is 6.71. The van der Waals surface area contributed by atoms with Crippen LogP contribution in [0.1, 0.15) is 22.4 Å². The summed E-state index contributed by atoms with van der Waals surface area (Å²) in [4.78, 5) is 14.2. The normalized spacial score (nSPS) is 11.2. The molecule has 0 aliphatic carbocycles. The zero-order valence-corrected chi connectivity index (χ0v) is 13.5. The number of aryl methyl sites for hydroxylation is 2. The Morgan fingerprint density at radius 2 is 2.04 bits per heavy atom. The van der Waals surface area contributed by atoms with Gasteiger partial charge in [0.05, 0.1) is 16.6 Å². The highest BCUT2D eigenvalue weighted by Crippen LogP contribution is 2.37. The summed E-state index contributed by atoms with van der Waals surface area (Å²) in [5, 5.41) is 39.6. The van der Waals surface area contributed by atoms with Crippen molar-refractivity contribution in [1.29, 1.82) is 5.26 Å². The molecule has 2 rings (SSSR count). The molecule has 0 aliphatic heterocycles. The molecule has 1 aromatic heterocycles. The predicted octanol–water partition coefficient (Wildman–Crippen LogP) is 3.74. The van der Waals surface area contributed by atoms with E-state index in [2.05, 4.69) is 4.98 Å². The maximum atomic E-state index is 10.9. The van der Waals surface area contributed by atoms with Gasteiger partial charge in [-0.05, 0) is 43.2 Å². The number of aromatic hydroxyl groups is 2. The number of rotatable bonds is 3. The first-order valence-corrected chi connectivity index (χ1v) is 7.08. The standard InChI is InChI=1S/C16H12ClN3O4/c1-8-3-9(2)19-16(17)14(8)11(7-18)4-10-5-12(20(23)24)15(22)13(21)6-10/h3-6,21-22H,1-2H3. The van der Waals surface area contributed by atoms with E-state index in [1.165, 1.54) is 6.08 Å². The molecule has 7 nitrogen and oxygen atoms in total. The molecule has 8 heteroatoms. The Balaban J connectivity index is 2.66. The molecule has 0 fully saturated rings. The summed E-state index contributed by atoms with van der Waals surface area (Å²) in [7, 11) is 0. The maximum absolute atomic E-state index is 10.9. The van der Waals surface area contributed by atoms with Crippen molar-refractivity contribution in [3.8, 4) is 17.6 Å². The van der Waals surface area contributed by atoms with Crippen LogP contribution in [0.2, 0.25) is 5.15 Å². The van der Waals surface area contributed by atoms with Crippen molar-refractivity contribution in [3.05, 3.63) is 55.9 Å². The fourth-order valence-electron chi connectivity index (χ4n) is 2.29. The number of phenolic OH excluding ortho intramolecular Hbond substituents is 2. The van der Waals surface area contributed by atoms with E-state index in [1.54, 1.807) is 19.9 Å². The molecule has 2 N–H and O–H groups in total. The van der Waals surface area contributed by atoms with E-state index in [0.717, 1.165) is 17.7 Å². The third-order valence-corrected chi connectivity index (χ3v) is 3.56. The molecule has 0 bridgehead atoms. The molecule has 1 aromatic carbocycles. The Kier molecular flexibility index (Phi) is 4.71. The summed E-state index contributed by atoms with van der Waals surface area (Å²) in [6.07, 6.45) is 1.33. The van der Waals surface area contributed by atoms with Gasteiger partial charge in [0, 0.05) is 17.3 Å².